The number of aryl methyl sites for hydroxylation is 1. The summed E-state index contributed by atoms with van der Waals surface area (Å²) in [5, 5.41) is 8.81. The molecular formula is C11H17N3O4S. The maximum absolute atomic E-state index is 12.3. The van der Waals surface area contributed by atoms with E-state index in [4.69, 9.17) is 5.11 Å². The van der Waals surface area contributed by atoms with E-state index >= 15 is 0 Å². The number of rotatable bonds is 4. The molecule has 1 saturated heterocycles. The van der Waals surface area contributed by atoms with Crippen LogP contribution in [0.4, 0.5) is 0 Å². The van der Waals surface area contributed by atoms with Gasteiger partial charge in [0.2, 0.25) is 0 Å². The maximum atomic E-state index is 12.3. The van der Waals surface area contributed by atoms with Gasteiger partial charge < -0.3 is 9.67 Å². The van der Waals surface area contributed by atoms with E-state index in [1.807, 2.05) is 0 Å². The van der Waals surface area contributed by atoms with Gasteiger partial charge in [-0.1, -0.05) is 0 Å². The van der Waals surface area contributed by atoms with E-state index in [9.17, 15) is 13.2 Å². The monoisotopic (exact) mass is 287 g/mol. The van der Waals surface area contributed by atoms with Crippen molar-refractivity contribution in [2.45, 2.75) is 24.3 Å². The van der Waals surface area contributed by atoms with Gasteiger partial charge in [-0.2, -0.15) is 4.31 Å². The Bertz CT molecular complexity index is 566. The van der Waals surface area contributed by atoms with Crippen molar-refractivity contribution in [3.8, 4) is 0 Å². The summed E-state index contributed by atoms with van der Waals surface area (Å²) in [5.74, 6) is -1.01. The zero-order chi connectivity index (χ0) is 14.0. The number of aromatic nitrogens is 2. The van der Waals surface area contributed by atoms with Crippen LogP contribution in [-0.2, 0) is 21.9 Å². The number of hydrogen-bond donors (Lipinski definition) is 1. The molecule has 2 heterocycles. The fourth-order valence-corrected chi connectivity index (χ4v) is 3.83. The summed E-state index contributed by atoms with van der Waals surface area (Å²) >= 11 is 0. The highest BCUT2D eigenvalue weighted by molar-refractivity contribution is 7.89. The van der Waals surface area contributed by atoms with E-state index in [1.54, 1.807) is 11.6 Å². The first-order valence-electron chi connectivity index (χ1n) is 6.09. The van der Waals surface area contributed by atoms with E-state index in [-0.39, 0.29) is 23.9 Å². The fourth-order valence-electron chi connectivity index (χ4n) is 2.31. The Labute approximate surface area is 111 Å². The molecule has 2 rings (SSSR count). The van der Waals surface area contributed by atoms with Gasteiger partial charge in [-0.25, -0.2) is 13.4 Å². The highest BCUT2D eigenvalue weighted by Gasteiger charge is 2.32. The molecule has 1 aromatic rings. The predicted molar refractivity (Wildman–Crippen MR) is 66.9 cm³/mol. The maximum Gasteiger partial charge on any atom is 0.303 e. The van der Waals surface area contributed by atoms with Crippen molar-refractivity contribution in [2.24, 2.45) is 13.0 Å². The third kappa shape index (κ3) is 3.13. The number of imidazole rings is 1. The van der Waals surface area contributed by atoms with Crippen LogP contribution in [0.5, 0.6) is 0 Å². The molecule has 106 valence electrons. The first kappa shape index (κ1) is 14.0. The van der Waals surface area contributed by atoms with Crippen molar-refractivity contribution in [3.63, 3.8) is 0 Å². The Balaban J connectivity index is 2.14. The van der Waals surface area contributed by atoms with Crippen LogP contribution in [0.2, 0.25) is 0 Å². The minimum atomic E-state index is -3.60. The minimum Gasteiger partial charge on any atom is -0.481 e. The van der Waals surface area contributed by atoms with Crippen LogP contribution in [0.3, 0.4) is 0 Å². The molecule has 0 bridgehead atoms. The van der Waals surface area contributed by atoms with Gasteiger partial charge in [0.05, 0.1) is 6.33 Å². The first-order valence-corrected chi connectivity index (χ1v) is 7.53. The Hall–Kier alpha value is -1.41. The molecule has 0 spiro atoms. The lowest BCUT2D eigenvalue weighted by molar-refractivity contribution is -0.138. The SMILES string of the molecule is Cn1cnc(S(=O)(=O)N2CCCC(CC(=O)O)C2)c1. The molecule has 0 radical (unpaired) electrons. The molecule has 0 aromatic carbocycles. The van der Waals surface area contributed by atoms with Gasteiger partial charge in [-0.15, -0.1) is 0 Å². The number of sulfonamides is 1. The van der Waals surface area contributed by atoms with Crippen LogP contribution in [0.25, 0.3) is 0 Å². The Morgan fingerprint density at radius 1 is 1.58 bits per heavy atom. The highest BCUT2D eigenvalue weighted by atomic mass is 32.2. The second-order valence-electron chi connectivity index (χ2n) is 4.85. The fraction of sp³-hybridized carbons (Fsp3) is 0.636. The summed E-state index contributed by atoms with van der Waals surface area (Å²) in [4.78, 5) is 14.6. The molecule has 1 atom stereocenters. The quantitative estimate of drug-likeness (QED) is 0.859. The summed E-state index contributed by atoms with van der Waals surface area (Å²) in [6.07, 6.45) is 4.33. The van der Waals surface area contributed by atoms with E-state index in [0.717, 1.165) is 6.42 Å². The second-order valence-corrected chi connectivity index (χ2v) is 6.73. The zero-order valence-corrected chi connectivity index (χ0v) is 11.5. The smallest absolute Gasteiger partial charge is 0.303 e. The molecule has 1 aromatic heterocycles. The van der Waals surface area contributed by atoms with Gasteiger partial charge in [0.15, 0.2) is 5.03 Å². The number of carbonyl (C=O) groups is 1. The molecule has 7 nitrogen and oxygen atoms in total. The van der Waals surface area contributed by atoms with Crippen LogP contribution in [-0.4, -0.2) is 46.4 Å². The van der Waals surface area contributed by atoms with Crippen molar-refractivity contribution < 1.29 is 18.3 Å². The molecule has 1 aliphatic heterocycles. The molecule has 0 saturated carbocycles. The van der Waals surface area contributed by atoms with Gasteiger partial charge in [0, 0.05) is 32.8 Å². The van der Waals surface area contributed by atoms with E-state index in [1.165, 1.54) is 16.8 Å². The number of hydrogen-bond acceptors (Lipinski definition) is 4. The molecule has 8 heteroatoms. The van der Waals surface area contributed by atoms with Gasteiger partial charge in [-0.05, 0) is 18.8 Å². The Morgan fingerprint density at radius 3 is 2.89 bits per heavy atom. The van der Waals surface area contributed by atoms with Crippen molar-refractivity contribution in [2.75, 3.05) is 13.1 Å². The summed E-state index contributed by atoms with van der Waals surface area (Å²) in [7, 11) is -1.90. The molecule has 0 aliphatic carbocycles. The highest BCUT2D eigenvalue weighted by Crippen LogP contribution is 2.24. The average Bonchev–Trinajstić information content (AvgIpc) is 2.76. The summed E-state index contributed by atoms with van der Waals surface area (Å²) in [6.45, 7) is 0.681. The van der Waals surface area contributed by atoms with Crippen LogP contribution in [0.1, 0.15) is 19.3 Å². The second kappa shape index (κ2) is 5.30. The van der Waals surface area contributed by atoms with Gasteiger partial charge >= 0.3 is 5.97 Å². The molecule has 1 N–H and O–H groups in total. The average molecular weight is 287 g/mol. The van der Waals surface area contributed by atoms with E-state index in [0.29, 0.717) is 13.0 Å². The third-order valence-corrected chi connectivity index (χ3v) is 4.98. The van der Waals surface area contributed by atoms with Crippen molar-refractivity contribution in [1.82, 2.24) is 13.9 Å². The largest absolute Gasteiger partial charge is 0.481 e. The molecular weight excluding hydrogens is 270 g/mol. The molecule has 1 aliphatic rings. The summed E-state index contributed by atoms with van der Waals surface area (Å²) < 4.78 is 27.6. The minimum absolute atomic E-state index is 0.00817. The summed E-state index contributed by atoms with van der Waals surface area (Å²) in [5.41, 5.74) is 0. The van der Waals surface area contributed by atoms with Crippen molar-refractivity contribution in [3.05, 3.63) is 12.5 Å². The van der Waals surface area contributed by atoms with Crippen LogP contribution in [0, 0.1) is 5.92 Å². The first-order chi connectivity index (χ1) is 8.89. The zero-order valence-electron chi connectivity index (χ0n) is 10.7. The number of nitrogens with zero attached hydrogens (tertiary/aromatic N) is 3. The lowest BCUT2D eigenvalue weighted by Crippen LogP contribution is -2.40. The molecule has 1 fully saturated rings. The van der Waals surface area contributed by atoms with Gasteiger partial charge in [0.1, 0.15) is 0 Å². The Morgan fingerprint density at radius 2 is 2.32 bits per heavy atom. The molecule has 0 amide bonds. The van der Waals surface area contributed by atoms with Gasteiger partial charge in [-0.3, -0.25) is 4.79 Å². The number of carboxylic acids is 1. The summed E-state index contributed by atoms with van der Waals surface area (Å²) in [6, 6.07) is 0. The number of aliphatic carboxylic acids is 1. The van der Waals surface area contributed by atoms with Gasteiger partial charge in [0.25, 0.3) is 10.0 Å². The van der Waals surface area contributed by atoms with Crippen LogP contribution in [0.15, 0.2) is 17.6 Å². The lowest BCUT2D eigenvalue weighted by atomic mass is 9.96. The van der Waals surface area contributed by atoms with Crippen molar-refractivity contribution >= 4 is 16.0 Å². The van der Waals surface area contributed by atoms with Crippen LogP contribution >= 0.6 is 0 Å². The Kier molecular flexibility index (Phi) is 3.91. The van der Waals surface area contributed by atoms with E-state index < -0.39 is 16.0 Å². The number of carboxylic acid groups (broad SMARTS) is 1. The van der Waals surface area contributed by atoms with Crippen molar-refractivity contribution in [1.29, 1.82) is 0 Å². The number of piperidine rings is 1. The molecule has 19 heavy (non-hydrogen) atoms. The molecule has 1 unspecified atom stereocenters. The van der Waals surface area contributed by atoms with Crippen LogP contribution < -0.4 is 0 Å². The lowest BCUT2D eigenvalue weighted by Gasteiger charge is -2.30. The normalized spacial score (nSPS) is 21.4. The predicted octanol–water partition coefficient (Wildman–Crippen LogP) is 0.295. The topological polar surface area (TPSA) is 92.5 Å². The third-order valence-electron chi connectivity index (χ3n) is 3.23. The van der Waals surface area contributed by atoms with E-state index in [2.05, 4.69) is 4.98 Å². The standard InChI is InChI=1S/C11H17N3O4S/c1-13-7-10(12-8-13)19(17,18)14-4-2-3-9(6-14)5-11(15)16/h7-9H,2-6H2,1H3,(H,15,16).